The van der Waals surface area contributed by atoms with E-state index in [1.54, 1.807) is 6.92 Å². The minimum absolute atomic E-state index is 0.120. The van der Waals surface area contributed by atoms with E-state index in [0.29, 0.717) is 15.9 Å². The summed E-state index contributed by atoms with van der Waals surface area (Å²) in [6.45, 7) is 1.73. The summed E-state index contributed by atoms with van der Waals surface area (Å²) in [6, 6.07) is 4.11. The highest BCUT2D eigenvalue weighted by molar-refractivity contribution is 7.99. The number of carbonyl (C=O) groups excluding carboxylic acids is 1. The number of carbonyl (C=O) groups is 1. The van der Waals surface area contributed by atoms with Crippen LogP contribution in [0, 0.1) is 17.0 Å². The topological polar surface area (TPSA) is 111 Å². The Balaban J connectivity index is 2.37. The Labute approximate surface area is 117 Å². The van der Waals surface area contributed by atoms with Gasteiger partial charge in [-0.05, 0) is 30.8 Å². The maximum atomic E-state index is 11.4. The molecular weight excluding hydrogens is 284 g/mol. The van der Waals surface area contributed by atoms with Gasteiger partial charge in [0.2, 0.25) is 5.16 Å². The second kappa shape index (κ2) is 5.70. The normalized spacial score (nSPS) is 10.3. The number of aryl methyl sites for hydroxylation is 1. The predicted octanol–water partition coefficient (Wildman–Crippen LogP) is 1.96. The Kier molecular flexibility index (Phi) is 3.99. The Morgan fingerprint density at radius 3 is 2.80 bits per heavy atom. The van der Waals surface area contributed by atoms with E-state index < -0.39 is 10.9 Å². The van der Waals surface area contributed by atoms with Crippen LogP contribution in [0.25, 0.3) is 0 Å². The van der Waals surface area contributed by atoms with Crippen LogP contribution in [0.4, 0.5) is 5.69 Å². The first kappa shape index (κ1) is 14.0. The first-order valence-electron chi connectivity index (χ1n) is 5.45. The van der Waals surface area contributed by atoms with E-state index in [1.165, 1.54) is 25.3 Å². The van der Waals surface area contributed by atoms with Crippen LogP contribution in [0.15, 0.2) is 28.3 Å². The van der Waals surface area contributed by atoms with Crippen LogP contribution >= 0.6 is 11.8 Å². The largest absolute Gasteiger partial charge is 0.465 e. The molecule has 0 fully saturated rings. The number of H-pyrrole nitrogens is 1. The van der Waals surface area contributed by atoms with Gasteiger partial charge in [-0.15, -0.1) is 5.10 Å². The van der Waals surface area contributed by atoms with Gasteiger partial charge >= 0.3 is 5.97 Å². The zero-order chi connectivity index (χ0) is 14.7. The maximum Gasteiger partial charge on any atom is 0.338 e. The molecule has 8 nitrogen and oxygen atoms in total. The second-order valence-corrected chi connectivity index (χ2v) is 4.75. The number of hydrogen-bond acceptors (Lipinski definition) is 7. The van der Waals surface area contributed by atoms with Gasteiger partial charge in [0.05, 0.1) is 22.5 Å². The van der Waals surface area contributed by atoms with Crippen LogP contribution < -0.4 is 0 Å². The molecule has 20 heavy (non-hydrogen) atoms. The fourth-order valence-corrected chi connectivity index (χ4v) is 2.30. The molecule has 9 heteroatoms. The summed E-state index contributed by atoms with van der Waals surface area (Å²) in [6.07, 6.45) is 0. The molecule has 2 rings (SSSR count). The van der Waals surface area contributed by atoms with Gasteiger partial charge in [0.25, 0.3) is 5.69 Å². The highest BCUT2D eigenvalue weighted by atomic mass is 32.2. The standard InChI is InChI=1S/C11H10N4O4S/c1-6-12-11(14-13-6)20-9-4-3-7(10(16)19-2)5-8(9)15(17)18/h3-5H,1-2H3,(H,12,13,14). The maximum absolute atomic E-state index is 11.4. The number of aromatic amines is 1. The van der Waals surface area contributed by atoms with E-state index in [0.717, 1.165) is 11.8 Å². The van der Waals surface area contributed by atoms with Gasteiger partial charge in [-0.1, -0.05) is 0 Å². The Bertz CT molecular complexity index is 670. The highest BCUT2D eigenvalue weighted by Gasteiger charge is 2.19. The summed E-state index contributed by atoms with van der Waals surface area (Å²) in [5.41, 5.74) is -0.0740. The van der Waals surface area contributed by atoms with Crippen LogP contribution in [0.3, 0.4) is 0 Å². The molecule has 1 aromatic carbocycles. The molecule has 0 spiro atoms. The molecule has 0 bridgehead atoms. The van der Waals surface area contributed by atoms with Crippen LogP contribution in [-0.4, -0.2) is 33.2 Å². The first-order chi connectivity index (χ1) is 9.51. The molecule has 0 saturated heterocycles. The number of nitro benzene ring substituents is 1. The number of rotatable bonds is 4. The molecular formula is C11H10N4O4S. The molecule has 0 amide bonds. The lowest BCUT2D eigenvalue weighted by atomic mass is 10.2. The Morgan fingerprint density at radius 2 is 2.25 bits per heavy atom. The molecule has 2 aromatic rings. The molecule has 0 unspecified atom stereocenters. The lowest BCUT2D eigenvalue weighted by Gasteiger charge is -2.03. The van der Waals surface area contributed by atoms with Crippen molar-refractivity contribution in [2.45, 2.75) is 17.0 Å². The average Bonchev–Trinajstić information content (AvgIpc) is 2.83. The van der Waals surface area contributed by atoms with Crippen molar-refractivity contribution in [3.05, 3.63) is 39.7 Å². The summed E-state index contributed by atoms with van der Waals surface area (Å²) in [7, 11) is 1.22. The minimum atomic E-state index is -0.626. The third kappa shape index (κ3) is 2.94. The minimum Gasteiger partial charge on any atom is -0.465 e. The number of nitrogens with one attached hydrogen (secondary N) is 1. The lowest BCUT2D eigenvalue weighted by molar-refractivity contribution is -0.387. The predicted molar refractivity (Wildman–Crippen MR) is 69.7 cm³/mol. The number of nitrogens with zero attached hydrogens (tertiary/aromatic N) is 3. The highest BCUT2D eigenvalue weighted by Crippen LogP contribution is 2.33. The van der Waals surface area contributed by atoms with Crippen LogP contribution in [0.5, 0.6) is 0 Å². The van der Waals surface area contributed by atoms with Crippen molar-refractivity contribution >= 4 is 23.4 Å². The van der Waals surface area contributed by atoms with Crippen molar-refractivity contribution in [1.82, 2.24) is 15.2 Å². The van der Waals surface area contributed by atoms with E-state index in [9.17, 15) is 14.9 Å². The molecule has 0 aliphatic heterocycles. The summed E-state index contributed by atoms with van der Waals surface area (Å²) in [5, 5.41) is 18.0. The number of hydrogen-bond donors (Lipinski definition) is 1. The monoisotopic (exact) mass is 294 g/mol. The van der Waals surface area contributed by atoms with E-state index in [2.05, 4.69) is 19.9 Å². The van der Waals surface area contributed by atoms with Crippen LogP contribution in [0.1, 0.15) is 16.2 Å². The number of benzene rings is 1. The van der Waals surface area contributed by atoms with Gasteiger partial charge in [0.15, 0.2) is 0 Å². The van der Waals surface area contributed by atoms with Crippen molar-refractivity contribution in [1.29, 1.82) is 0 Å². The van der Waals surface area contributed by atoms with Gasteiger partial charge < -0.3 is 4.74 Å². The van der Waals surface area contributed by atoms with Crippen molar-refractivity contribution in [2.75, 3.05) is 7.11 Å². The molecule has 0 atom stereocenters. The van der Waals surface area contributed by atoms with Crippen molar-refractivity contribution in [3.8, 4) is 0 Å². The molecule has 104 valence electrons. The van der Waals surface area contributed by atoms with E-state index >= 15 is 0 Å². The van der Waals surface area contributed by atoms with E-state index in [1.807, 2.05) is 0 Å². The first-order valence-corrected chi connectivity index (χ1v) is 6.26. The van der Waals surface area contributed by atoms with Gasteiger partial charge in [0, 0.05) is 6.07 Å². The fraction of sp³-hybridized carbons (Fsp3) is 0.182. The number of nitro groups is 1. The van der Waals surface area contributed by atoms with E-state index in [4.69, 9.17) is 0 Å². The van der Waals surface area contributed by atoms with E-state index in [-0.39, 0.29) is 11.3 Å². The molecule has 1 aromatic heterocycles. The SMILES string of the molecule is COC(=O)c1ccc(Sc2n[nH]c(C)n2)c([N+](=O)[O-])c1. The molecule has 0 aliphatic rings. The summed E-state index contributed by atoms with van der Waals surface area (Å²) in [4.78, 5) is 26.3. The number of ether oxygens (including phenoxy) is 1. The van der Waals surface area contributed by atoms with Crippen molar-refractivity contribution < 1.29 is 14.5 Å². The van der Waals surface area contributed by atoms with Gasteiger partial charge in [-0.25, -0.2) is 9.78 Å². The molecule has 1 heterocycles. The number of methoxy groups -OCH3 is 1. The lowest BCUT2D eigenvalue weighted by Crippen LogP contribution is -2.02. The van der Waals surface area contributed by atoms with Gasteiger partial charge in [-0.2, -0.15) is 0 Å². The van der Waals surface area contributed by atoms with Crippen LogP contribution in [-0.2, 0) is 4.74 Å². The number of esters is 1. The summed E-state index contributed by atoms with van der Waals surface area (Å²) >= 11 is 1.04. The molecule has 0 aliphatic carbocycles. The quantitative estimate of drug-likeness (QED) is 0.521. The van der Waals surface area contributed by atoms with Crippen molar-refractivity contribution in [3.63, 3.8) is 0 Å². The zero-order valence-electron chi connectivity index (χ0n) is 10.6. The summed E-state index contributed by atoms with van der Waals surface area (Å²) < 4.78 is 4.53. The smallest absolute Gasteiger partial charge is 0.338 e. The van der Waals surface area contributed by atoms with Crippen LogP contribution in [0.2, 0.25) is 0 Å². The zero-order valence-corrected chi connectivity index (χ0v) is 11.4. The average molecular weight is 294 g/mol. The summed E-state index contributed by atoms with van der Waals surface area (Å²) in [5.74, 6) is -0.0141. The molecule has 1 N–H and O–H groups in total. The van der Waals surface area contributed by atoms with Gasteiger partial charge in [-0.3, -0.25) is 15.2 Å². The fourth-order valence-electron chi connectivity index (χ4n) is 1.46. The van der Waals surface area contributed by atoms with Gasteiger partial charge in [0.1, 0.15) is 5.82 Å². The van der Waals surface area contributed by atoms with Crippen molar-refractivity contribution in [2.24, 2.45) is 0 Å². The second-order valence-electron chi connectivity index (χ2n) is 3.74. The third-order valence-corrected chi connectivity index (χ3v) is 3.28. The third-order valence-electron chi connectivity index (χ3n) is 2.35. The number of aromatic nitrogens is 3. The Morgan fingerprint density at radius 1 is 1.50 bits per heavy atom. The molecule has 0 saturated carbocycles. The molecule has 0 radical (unpaired) electrons. The Hall–Kier alpha value is -2.42.